The lowest BCUT2D eigenvalue weighted by atomic mass is 9.93. The Morgan fingerprint density at radius 3 is 2.00 bits per heavy atom. The molecule has 0 bridgehead atoms. The molecule has 0 aliphatic carbocycles. The second-order valence-corrected chi connectivity index (χ2v) is 5.05. The number of rotatable bonds is 4. The van der Waals surface area contributed by atoms with E-state index in [1.165, 1.54) is 17.2 Å². The molecule has 106 valence electrons. The second-order valence-electron chi connectivity index (χ2n) is 5.05. The van der Waals surface area contributed by atoms with Gasteiger partial charge in [0.05, 0.1) is 0 Å². The quantitative estimate of drug-likeness (QED) is 0.861. The summed E-state index contributed by atoms with van der Waals surface area (Å²) < 4.78 is 0. The predicted molar refractivity (Wildman–Crippen MR) is 83.3 cm³/mol. The Hall–Kier alpha value is -1.96. The van der Waals surface area contributed by atoms with E-state index in [9.17, 15) is 10.2 Å². The van der Waals surface area contributed by atoms with Crippen LogP contribution in [0, 0.1) is 0 Å². The minimum atomic E-state index is 0.141. The Bertz CT molecular complexity index is 615. The van der Waals surface area contributed by atoms with E-state index in [0.29, 0.717) is 0 Å². The topological polar surface area (TPSA) is 40.5 Å². The van der Waals surface area contributed by atoms with E-state index < -0.39 is 0 Å². The average Bonchev–Trinajstić information content (AvgIpc) is 2.47. The highest BCUT2D eigenvalue weighted by molar-refractivity contribution is 5.75. The smallest absolute Gasteiger partial charge is 0.127 e. The minimum absolute atomic E-state index is 0.141. The van der Waals surface area contributed by atoms with E-state index in [-0.39, 0.29) is 11.5 Å². The molecule has 0 aliphatic rings. The zero-order chi connectivity index (χ0) is 14.7. The zero-order valence-electron chi connectivity index (χ0n) is 12.4. The number of aryl methyl sites for hydroxylation is 3. The van der Waals surface area contributed by atoms with Crippen molar-refractivity contribution in [2.24, 2.45) is 0 Å². The van der Waals surface area contributed by atoms with Crippen LogP contribution >= 0.6 is 0 Å². The molecule has 20 heavy (non-hydrogen) atoms. The fourth-order valence-electron chi connectivity index (χ4n) is 2.52. The molecule has 0 atom stereocenters. The van der Waals surface area contributed by atoms with Gasteiger partial charge >= 0.3 is 0 Å². The number of benzene rings is 2. The third-order valence-electron chi connectivity index (χ3n) is 3.83. The van der Waals surface area contributed by atoms with E-state index in [1.807, 2.05) is 13.0 Å². The first-order valence-electron chi connectivity index (χ1n) is 7.27. The van der Waals surface area contributed by atoms with E-state index in [4.69, 9.17) is 0 Å². The summed E-state index contributed by atoms with van der Waals surface area (Å²) in [5, 5.41) is 20.0. The van der Waals surface area contributed by atoms with Crippen LogP contribution in [0.5, 0.6) is 11.5 Å². The molecular formula is C18H22O2. The highest BCUT2D eigenvalue weighted by Gasteiger charge is 2.12. The molecule has 2 nitrogen and oxygen atoms in total. The first-order chi connectivity index (χ1) is 9.60. The van der Waals surface area contributed by atoms with Gasteiger partial charge < -0.3 is 10.2 Å². The molecule has 0 aliphatic heterocycles. The van der Waals surface area contributed by atoms with Crippen molar-refractivity contribution in [3.63, 3.8) is 0 Å². The Balaban J connectivity index is 2.66. The van der Waals surface area contributed by atoms with Crippen molar-refractivity contribution in [3.8, 4) is 22.6 Å². The Kier molecular flexibility index (Phi) is 4.33. The van der Waals surface area contributed by atoms with Gasteiger partial charge in [0.1, 0.15) is 11.5 Å². The highest BCUT2D eigenvalue weighted by Crippen LogP contribution is 2.37. The fraction of sp³-hybridized carbons (Fsp3) is 0.333. The van der Waals surface area contributed by atoms with E-state index in [2.05, 4.69) is 32.0 Å². The number of hydrogen-bond acceptors (Lipinski definition) is 2. The van der Waals surface area contributed by atoms with Crippen molar-refractivity contribution in [3.05, 3.63) is 47.0 Å². The van der Waals surface area contributed by atoms with Gasteiger partial charge in [-0.15, -0.1) is 0 Å². The maximum Gasteiger partial charge on any atom is 0.127 e. The normalized spacial score (nSPS) is 10.8. The largest absolute Gasteiger partial charge is 0.508 e. The molecule has 0 saturated heterocycles. The first kappa shape index (κ1) is 14.4. The molecule has 0 saturated carbocycles. The molecular weight excluding hydrogens is 248 g/mol. The average molecular weight is 270 g/mol. The maximum atomic E-state index is 10.2. The van der Waals surface area contributed by atoms with Gasteiger partial charge in [-0.1, -0.05) is 39.0 Å². The number of aromatic hydroxyl groups is 2. The lowest BCUT2D eigenvalue weighted by molar-refractivity contribution is 0.447. The number of phenolic OH excluding ortho intramolecular Hbond substituents is 2. The Morgan fingerprint density at radius 2 is 1.40 bits per heavy atom. The molecule has 2 rings (SSSR count). The minimum Gasteiger partial charge on any atom is -0.508 e. The first-order valence-corrected chi connectivity index (χ1v) is 7.27. The van der Waals surface area contributed by atoms with Gasteiger partial charge in [0.2, 0.25) is 0 Å². The van der Waals surface area contributed by atoms with Crippen molar-refractivity contribution < 1.29 is 10.2 Å². The predicted octanol–water partition coefficient (Wildman–Crippen LogP) is 4.45. The van der Waals surface area contributed by atoms with E-state index in [1.54, 1.807) is 0 Å². The van der Waals surface area contributed by atoms with Crippen molar-refractivity contribution in [1.82, 2.24) is 0 Å². The van der Waals surface area contributed by atoms with Crippen molar-refractivity contribution in [2.45, 2.75) is 40.0 Å². The lowest BCUT2D eigenvalue weighted by Crippen LogP contribution is -1.93. The molecule has 2 heteroatoms. The van der Waals surface area contributed by atoms with Crippen LogP contribution in [-0.4, -0.2) is 10.2 Å². The van der Waals surface area contributed by atoms with Crippen LogP contribution in [0.1, 0.15) is 37.5 Å². The molecule has 0 amide bonds. The highest BCUT2D eigenvalue weighted by atomic mass is 16.3. The summed E-state index contributed by atoms with van der Waals surface area (Å²) in [4.78, 5) is 0. The van der Waals surface area contributed by atoms with Crippen LogP contribution in [0.4, 0.5) is 0 Å². The Labute approximate surface area is 120 Å². The molecule has 2 aromatic carbocycles. The molecule has 0 radical (unpaired) electrons. The van der Waals surface area contributed by atoms with E-state index >= 15 is 0 Å². The van der Waals surface area contributed by atoms with Gasteiger partial charge in [-0.2, -0.15) is 0 Å². The van der Waals surface area contributed by atoms with Crippen LogP contribution in [-0.2, 0) is 19.3 Å². The summed E-state index contributed by atoms with van der Waals surface area (Å²) in [5.41, 5.74) is 5.21. The van der Waals surface area contributed by atoms with Crippen LogP contribution in [0.3, 0.4) is 0 Å². The van der Waals surface area contributed by atoms with Gasteiger partial charge in [-0.25, -0.2) is 0 Å². The SMILES string of the molecule is CCc1ccc(CC)c(-c2cc(CC)c(O)cc2O)c1. The standard InChI is InChI=1S/C18H22O2/c1-4-12-7-8-13(5-2)15(9-12)16-10-14(6-3)17(19)11-18(16)20/h7-11,19-20H,4-6H2,1-3H3. The monoisotopic (exact) mass is 270 g/mol. The molecule has 0 fully saturated rings. The van der Waals surface area contributed by atoms with Crippen molar-refractivity contribution in [1.29, 1.82) is 0 Å². The summed E-state index contributed by atoms with van der Waals surface area (Å²) in [6.45, 7) is 6.24. The molecule has 0 unspecified atom stereocenters. The number of phenols is 2. The summed E-state index contributed by atoms with van der Waals surface area (Å²) in [7, 11) is 0. The van der Waals surface area contributed by atoms with Gasteiger partial charge in [-0.3, -0.25) is 0 Å². The van der Waals surface area contributed by atoms with Gasteiger partial charge in [0, 0.05) is 11.6 Å². The zero-order valence-corrected chi connectivity index (χ0v) is 12.4. The molecule has 0 aromatic heterocycles. The van der Waals surface area contributed by atoms with Gasteiger partial charge in [0.15, 0.2) is 0 Å². The summed E-state index contributed by atoms with van der Waals surface area (Å²) >= 11 is 0. The fourth-order valence-corrected chi connectivity index (χ4v) is 2.52. The summed E-state index contributed by atoms with van der Waals surface area (Å²) in [5.74, 6) is 0.307. The van der Waals surface area contributed by atoms with Crippen LogP contribution < -0.4 is 0 Å². The second kappa shape index (κ2) is 6.00. The third kappa shape index (κ3) is 2.64. The van der Waals surface area contributed by atoms with Crippen molar-refractivity contribution >= 4 is 0 Å². The number of hydrogen-bond donors (Lipinski definition) is 2. The van der Waals surface area contributed by atoms with Crippen LogP contribution in [0.15, 0.2) is 30.3 Å². The summed E-state index contributed by atoms with van der Waals surface area (Å²) in [6, 6.07) is 9.77. The van der Waals surface area contributed by atoms with Crippen LogP contribution in [0.2, 0.25) is 0 Å². The summed E-state index contributed by atoms with van der Waals surface area (Å²) in [6.07, 6.45) is 2.63. The molecule has 0 heterocycles. The van der Waals surface area contributed by atoms with Gasteiger partial charge in [0.25, 0.3) is 0 Å². The molecule has 2 aromatic rings. The lowest BCUT2D eigenvalue weighted by Gasteiger charge is -2.14. The van der Waals surface area contributed by atoms with Crippen LogP contribution in [0.25, 0.3) is 11.1 Å². The van der Waals surface area contributed by atoms with E-state index in [0.717, 1.165) is 36.0 Å². The van der Waals surface area contributed by atoms with Crippen molar-refractivity contribution in [2.75, 3.05) is 0 Å². The van der Waals surface area contributed by atoms with Gasteiger partial charge in [-0.05, 0) is 47.6 Å². The maximum absolute atomic E-state index is 10.2. The molecule has 0 spiro atoms. The molecule has 2 N–H and O–H groups in total. The third-order valence-corrected chi connectivity index (χ3v) is 3.83. The Morgan fingerprint density at radius 1 is 0.700 bits per heavy atom.